The Hall–Kier alpha value is -2.40. The van der Waals surface area contributed by atoms with E-state index in [1.54, 1.807) is 19.5 Å². The molecule has 32 heavy (non-hydrogen) atoms. The Morgan fingerprint density at radius 1 is 1.38 bits per heavy atom. The molecular weight excluding hydrogens is 635 g/mol. The molecule has 2 aromatic carbocycles. The predicted octanol–water partition coefficient (Wildman–Crippen LogP) is 3.85. The summed E-state index contributed by atoms with van der Waals surface area (Å²) < 4.78 is 20.6. The zero-order valence-corrected chi connectivity index (χ0v) is 21.7. The first kappa shape index (κ1) is 24.2. The van der Waals surface area contributed by atoms with Crippen LogP contribution in [0.5, 0.6) is 5.88 Å². The Morgan fingerprint density at radius 2 is 2.19 bits per heavy atom. The van der Waals surface area contributed by atoms with Crippen molar-refractivity contribution >= 4 is 16.7 Å². The first-order valence-electron chi connectivity index (χ1n) is 9.86. The van der Waals surface area contributed by atoms with Gasteiger partial charge < -0.3 is 21.3 Å². The van der Waals surface area contributed by atoms with Crippen molar-refractivity contribution in [2.75, 3.05) is 13.7 Å². The summed E-state index contributed by atoms with van der Waals surface area (Å²) in [4.78, 5) is 13.2. The van der Waals surface area contributed by atoms with Gasteiger partial charge in [-0.25, -0.2) is 9.49 Å². The van der Waals surface area contributed by atoms with Crippen LogP contribution in [0.15, 0.2) is 48.8 Å². The second kappa shape index (κ2) is 10.5. The third-order valence-electron chi connectivity index (χ3n) is 5.27. The zero-order valence-electron chi connectivity index (χ0n) is 17.6. The summed E-state index contributed by atoms with van der Waals surface area (Å²) >= 11 is 0. The van der Waals surface area contributed by atoms with Gasteiger partial charge in [-0.3, -0.25) is 4.79 Å². The number of halogens is 1. The van der Waals surface area contributed by atoms with Crippen LogP contribution in [0.4, 0.5) is 4.39 Å². The van der Waals surface area contributed by atoms with Crippen LogP contribution in [-0.2, 0) is 13.0 Å². The standard InChI is InChI=1S/C24H22FN3O3.U/c1-15(10-16-4-3-5-18(25)11-16)23(30)21-14-28(8-9-29)22-12-17(6-7-19(21)22)20-13-26-27-24(20)31-2;/h3,5-7,11-15,29H,1,8-10H2,2H3,(H,26,27);/q-2;+2. The Kier molecular flexibility index (Phi) is 7.94. The van der Waals surface area contributed by atoms with Crippen molar-refractivity contribution in [1.29, 1.82) is 0 Å². The molecule has 8 heteroatoms. The number of nitrogens with one attached hydrogen (secondary N) is 1. The second-order valence-corrected chi connectivity index (χ2v) is 7.31. The average molecular weight is 657 g/mol. The molecule has 2 aromatic heterocycles. The molecule has 0 saturated heterocycles. The van der Waals surface area contributed by atoms with E-state index in [-0.39, 0.29) is 55.7 Å². The number of aliphatic hydroxyl groups is 1. The molecule has 2 N–H and O–H groups in total. The molecule has 162 valence electrons. The number of hydrogen-bond donors (Lipinski definition) is 2. The number of Topliss-reactive ketones (excluding diaryl/α,β-unsaturated/α-hetero) is 1. The zero-order chi connectivity index (χ0) is 22.0. The maximum atomic E-state index is 13.5. The number of carbonyl (C=O) groups is 1. The number of H-pyrrole nitrogens is 1. The Balaban J connectivity index is 0.00000289. The summed E-state index contributed by atoms with van der Waals surface area (Å²) in [6.07, 6.45) is 3.70. The van der Waals surface area contributed by atoms with E-state index < -0.39 is 5.92 Å². The number of hydrogen-bond acceptors (Lipinski definition) is 4. The molecule has 0 radical (unpaired) electrons. The third kappa shape index (κ3) is 4.83. The Morgan fingerprint density at radius 3 is 2.91 bits per heavy atom. The van der Waals surface area contributed by atoms with Crippen molar-refractivity contribution in [3.8, 4) is 17.0 Å². The Bertz CT molecular complexity index is 1230. The van der Waals surface area contributed by atoms with Crippen LogP contribution in [0, 0.1) is 55.8 Å². The average Bonchev–Trinajstić information content (AvgIpc) is 3.38. The van der Waals surface area contributed by atoms with Crippen LogP contribution >= 0.6 is 0 Å². The van der Waals surface area contributed by atoms with Gasteiger partial charge in [0.25, 0.3) is 0 Å². The number of ketones is 1. The van der Waals surface area contributed by atoms with E-state index in [0.29, 0.717) is 23.6 Å². The molecule has 0 spiro atoms. The third-order valence-corrected chi connectivity index (χ3v) is 5.27. The molecule has 4 rings (SSSR count). The first-order valence-corrected chi connectivity index (χ1v) is 9.86. The number of carbonyl (C=O) groups excluding carboxylic acids is 1. The van der Waals surface area contributed by atoms with Crippen LogP contribution < -0.4 is 4.74 Å². The summed E-state index contributed by atoms with van der Waals surface area (Å²) in [5, 5.41) is 17.1. The van der Waals surface area contributed by atoms with Crippen LogP contribution in [0.1, 0.15) is 15.9 Å². The van der Waals surface area contributed by atoms with Gasteiger partial charge in [-0.05, 0) is 11.6 Å². The molecule has 4 aromatic rings. The van der Waals surface area contributed by atoms with Crippen molar-refractivity contribution in [3.63, 3.8) is 0 Å². The molecule has 0 aliphatic rings. The summed E-state index contributed by atoms with van der Waals surface area (Å²) in [5.74, 6) is -0.567. The van der Waals surface area contributed by atoms with E-state index in [0.717, 1.165) is 22.0 Å². The summed E-state index contributed by atoms with van der Waals surface area (Å²) in [7, 11) is 1.56. The summed E-state index contributed by atoms with van der Waals surface area (Å²) in [6, 6.07) is 12.8. The maximum Gasteiger partial charge on any atom is 2.00 e. The van der Waals surface area contributed by atoms with Crippen LogP contribution in [0.3, 0.4) is 0 Å². The van der Waals surface area contributed by atoms with Gasteiger partial charge in [0, 0.05) is 35.0 Å². The second-order valence-electron chi connectivity index (χ2n) is 7.31. The normalized spacial score (nSPS) is 11.9. The van der Waals surface area contributed by atoms with Gasteiger partial charge in [-0.1, -0.05) is 18.6 Å². The van der Waals surface area contributed by atoms with Crippen molar-refractivity contribution in [2.45, 2.75) is 13.0 Å². The molecule has 0 amide bonds. The van der Waals surface area contributed by atoms with Gasteiger partial charge >= 0.3 is 31.1 Å². The van der Waals surface area contributed by atoms with Crippen LogP contribution in [0.25, 0.3) is 22.0 Å². The predicted molar refractivity (Wildman–Crippen MR) is 115 cm³/mol. The van der Waals surface area contributed by atoms with Crippen LogP contribution in [0.2, 0.25) is 0 Å². The summed E-state index contributed by atoms with van der Waals surface area (Å²) in [5.41, 5.74) is 3.59. The number of nitrogens with zero attached hydrogens (tertiary/aromatic N) is 2. The largest absolute Gasteiger partial charge is 2.00 e. The van der Waals surface area contributed by atoms with Gasteiger partial charge in [0.2, 0.25) is 5.88 Å². The molecule has 1 atom stereocenters. The summed E-state index contributed by atoms with van der Waals surface area (Å²) in [6.45, 7) is 4.28. The quantitative estimate of drug-likeness (QED) is 0.223. The number of ether oxygens (including phenoxy) is 1. The molecule has 0 aliphatic heterocycles. The minimum absolute atomic E-state index is 0. The molecule has 1 unspecified atom stereocenters. The van der Waals surface area contributed by atoms with Crippen molar-refractivity contribution in [2.24, 2.45) is 5.92 Å². The van der Waals surface area contributed by atoms with E-state index in [1.807, 2.05) is 22.8 Å². The van der Waals surface area contributed by atoms with Gasteiger partial charge in [-0.15, -0.1) is 18.1 Å². The number of benzene rings is 2. The van der Waals surface area contributed by atoms with Crippen molar-refractivity contribution < 1.29 is 50.1 Å². The molecule has 2 heterocycles. The van der Waals surface area contributed by atoms with Crippen molar-refractivity contribution in [3.05, 3.63) is 78.7 Å². The minimum Gasteiger partial charge on any atom is -0.481 e. The van der Waals surface area contributed by atoms with Gasteiger partial charge in [-0.2, -0.15) is 22.8 Å². The number of aromatic nitrogens is 3. The molecule has 6 nitrogen and oxygen atoms in total. The van der Waals surface area contributed by atoms with E-state index in [1.165, 1.54) is 18.2 Å². The molecule has 0 fully saturated rings. The smallest absolute Gasteiger partial charge is 0.481 e. The number of aliphatic hydroxyl groups excluding tert-OH is 1. The number of aromatic amines is 1. The molecule has 0 saturated carbocycles. The fraction of sp³-hybridized carbons (Fsp3) is 0.208. The van der Waals surface area contributed by atoms with Gasteiger partial charge in [0.05, 0.1) is 25.5 Å². The van der Waals surface area contributed by atoms with Crippen molar-refractivity contribution in [1.82, 2.24) is 14.8 Å². The molecular formula is C24H22FN3O3U. The van der Waals surface area contributed by atoms with E-state index in [4.69, 9.17) is 4.74 Å². The molecule has 0 aliphatic carbocycles. The maximum absolute atomic E-state index is 13.5. The Labute approximate surface area is 209 Å². The van der Waals surface area contributed by atoms with Gasteiger partial charge in [0.1, 0.15) is 5.78 Å². The number of rotatable bonds is 8. The minimum atomic E-state index is -0.597. The van der Waals surface area contributed by atoms with E-state index in [9.17, 15) is 14.3 Å². The van der Waals surface area contributed by atoms with Crippen LogP contribution in [-0.4, -0.2) is 39.4 Å². The van der Waals surface area contributed by atoms with Gasteiger partial charge in [0.15, 0.2) is 0 Å². The van der Waals surface area contributed by atoms with E-state index in [2.05, 4.69) is 23.2 Å². The first-order chi connectivity index (χ1) is 15.0. The number of fused-ring (bicyclic) bond motifs is 1. The van der Waals surface area contributed by atoms with E-state index >= 15 is 0 Å². The monoisotopic (exact) mass is 657 g/mol. The SMILES string of the molecule is [CH2-]C(Cc1[c-]ccc(F)c1)C(=O)c1cn(CCO)c2cc(-c3cn[nH]c3OC)ccc12.[U+2]. The fourth-order valence-corrected chi connectivity index (χ4v) is 3.76. The topological polar surface area (TPSA) is 80.1 Å². The molecule has 0 bridgehead atoms. The fourth-order valence-electron chi connectivity index (χ4n) is 3.76. The number of methoxy groups -OCH3 is 1.